The highest BCUT2D eigenvalue weighted by atomic mass is 32.1. The van der Waals surface area contributed by atoms with E-state index in [1.165, 1.54) is 11.3 Å². The van der Waals surface area contributed by atoms with Gasteiger partial charge in [-0.2, -0.15) is 0 Å². The van der Waals surface area contributed by atoms with E-state index < -0.39 is 0 Å². The molecular formula is C14H17N3O2S. The minimum atomic E-state index is -0.142. The number of amides is 1. The van der Waals surface area contributed by atoms with Gasteiger partial charge in [0.2, 0.25) is 0 Å². The van der Waals surface area contributed by atoms with Gasteiger partial charge in [-0.05, 0) is 18.6 Å². The predicted octanol–water partition coefficient (Wildman–Crippen LogP) is 1.77. The number of anilines is 1. The lowest BCUT2D eigenvalue weighted by atomic mass is 10.2. The van der Waals surface area contributed by atoms with Gasteiger partial charge >= 0.3 is 0 Å². The number of hydrogen-bond donors (Lipinski definition) is 2. The molecule has 0 aliphatic carbocycles. The van der Waals surface area contributed by atoms with Gasteiger partial charge in [0.05, 0.1) is 5.69 Å². The summed E-state index contributed by atoms with van der Waals surface area (Å²) in [5.74, 6) is 0.589. The lowest BCUT2D eigenvalue weighted by Crippen LogP contribution is -2.30. The first-order valence-electron chi connectivity index (χ1n) is 6.30. The summed E-state index contributed by atoms with van der Waals surface area (Å²) in [7, 11) is 0. The number of nitrogens with one attached hydrogen (secondary N) is 1. The number of nitrogens with zero attached hydrogens (tertiary/aromatic N) is 1. The summed E-state index contributed by atoms with van der Waals surface area (Å²) >= 11 is 1.40. The van der Waals surface area contributed by atoms with Gasteiger partial charge in [-0.25, -0.2) is 4.98 Å². The minimum absolute atomic E-state index is 0.0179. The molecule has 0 unspecified atom stereocenters. The van der Waals surface area contributed by atoms with Crippen molar-refractivity contribution in [3.05, 3.63) is 40.9 Å². The number of benzene rings is 1. The molecule has 1 amide bonds. The molecule has 0 bridgehead atoms. The van der Waals surface area contributed by atoms with Crippen molar-refractivity contribution >= 4 is 22.4 Å². The number of nitrogens with two attached hydrogens (primary N) is 1. The number of rotatable bonds is 6. The summed E-state index contributed by atoms with van der Waals surface area (Å²) in [6.45, 7) is 2.49. The molecule has 0 saturated heterocycles. The van der Waals surface area contributed by atoms with Gasteiger partial charge in [-0.3, -0.25) is 4.79 Å². The van der Waals surface area contributed by atoms with E-state index >= 15 is 0 Å². The number of carbonyl (C=O) groups is 1. The van der Waals surface area contributed by atoms with E-state index in [2.05, 4.69) is 10.3 Å². The lowest BCUT2D eigenvalue weighted by molar-refractivity contribution is -0.123. The van der Waals surface area contributed by atoms with Crippen LogP contribution in [0, 0.1) is 6.92 Å². The summed E-state index contributed by atoms with van der Waals surface area (Å²) in [6, 6.07) is 7.61. The summed E-state index contributed by atoms with van der Waals surface area (Å²) < 4.78 is 5.46. The summed E-state index contributed by atoms with van der Waals surface area (Å²) in [6.07, 6.45) is 0.670. The Hall–Kier alpha value is -2.08. The van der Waals surface area contributed by atoms with Crippen LogP contribution in [0.15, 0.2) is 29.6 Å². The molecule has 0 aliphatic heterocycles. The molecule has 0 aliphatic rings. The zero-order chi connectivity index (χ0) is 14.4. The van der Waals surface area contributed by atoms with Crippen LogP contribution in [0.25, 0.3) is 0 Å². The minimum Gasteiger partial charge on any atom is -0.484 e. The molecule has 1 aromatic heterocycles. The summed E-state index contributed by atoms with van der Waals surface area (Å²) in [4.78, 5) is 15.8. The Bertz CT molecular complexity index is 583. The van der Waals surface area contributed by atoms with Crippen LogP contribution in [0.3, 0.4) is 0 Å². The average molecular weight is 291 g/mol. The maximum absolute atomic E-state index is 11.6. The van der Waals surface area contributed by atoms with Crippen molar-refractivity contribution in [2.75, 3.05) is 18.9 Å². The van der Waals surface area contributed by atoms with Crippen molar-refractivity contribution in [1.29, 1.82) is 0 Å². The molecule has 0 atom stereocenters. The van der Waals surface area contributed by atoms with E-state index in [0.29, 0.717) is 18.1 Å². The standard InChI is InChI=1S/C14H17N3O2S/c1-10-4-2-3-5-12(10)19-8-13(18)16-7-6-11-9-20-14(15)17-11/h2-5,9H,6-8H2,1H3,(H2,15,17)(H,16,18). The number of nitrogen functional groups attached to an aromatic ring is 1. The van der Waals surface area contributed by atoms with Crippen molar-refractivity contribution in [2.24, 2.45) is 0 Å². The Balaban J connectivity index is 1.69. The fraction of sp³-hybridized carbons (Fsp3) is 0.286. The van der Waals surface area contributed by atoms with Crippen LogP contribution in [0.4, 0.5) is 5.13 Å². The summed E-state index contributed by atoms with van der Waals surface area (Å²) in [5, 5.41) is 5.23. The van der Waals surface area contributed by atoms with Gasteiger partial charge in [0.15, 0.2) is 11.7 Å². The van der Waals surface area contributed by atoms with Gasteiger partial charge in [-0.15, -0.1) is 11.3 Å². The van der Waals surface area contributed by atoms with Crippen LogP contribution in [-0.2, 0) is 11.2 Å². The van der Waals surface area contributed by atoms with Crippen LogP contribution in [-0.4, -0.2) is 24.0 Å². The third kappa shape index (κ3) is 4.24. The van der Waals surface area contributed by atoms with Gasteiger partial charge in [0.1, 0.15) is 5.75 Å². The fourth-order valence-corrected chi connectivity index (χ4v) is 2.28. The number of thiazole rings is 1. The van der Waals surface area contributed by atoms with E-state index in [-0.39, 0.29) is 12.5 Å². The topological polar surface area (TPSA) is 77.2 Å². The molecule has 5 nitrogen and oxygen atoms in total. The second-order valence-electron chi connectivity index (χ2n) is 4.33. The highest BCUT2D eigenvalue weighted by molar-refractivity contribution is 7.13. The average Bonchev–Trinajstić information content (AvgIpc) is 2.83. The Morgan fingerprint density at radius 3 is 2.95 bits per heavy atom. The zero-order valence-electron chi connectivity index (χ0n) is 11.3. The Morgan fingerprint density at radius 2 is 2.25 bits per heavy atom. The highest BCUT2D eigenvalue weighted by Gasteiger charge is 2.05. The van der Waals surface area contributed by atoms with Gasteiger partial charge < -0.3 is 15.8 Å². The molecule has 6 heteroatoms. The first-order chi connectivity index (χ1) is 9.65. The van der Waals surface area contributed by atoms with E-state index in [0.717, 1.165) is 17.0 Å². The van der Waals surface area contributed by atoms with Gasteiger partial charge in [0, 0.05) is 18.3 Å². The molecule has 0 saturated carbocycles. The van der Waals surface area contributed by atoms with Gasteiger partial charge in [-0.1, -0.05) is 18.2 Å². The van der Waals surface area contributed by atoms with Crippen LogP contribution in [0.2, 0.25) is 0 Å². The van der Waals surface area contributed by atoms with E-state index in [9.17, 15) is 4.79 Å². The number of hydrogen-bond acceptors (Lipinski definition) is 5. The normalized spacial score (nSPS) is 10.2. The number of para-hydroxylation sites is 1. The molecule has 1 heterocycles. The fourth-order valence-electron chi connectivity index (χ4n) is 1.68. The van der Waals surface area contributed by atoms with E-state index in [1.807, 2.05) is 36.6 Å². The Morgan fingerprint density at radius 1 is 1.45 bits per heavy atom. The van der Waals surface area contributed by atoms with E-state index in [4.69, 9.17) is 10.5 Å². The van der Waals surface area contributed by atoms with Crippen LogP contribution in [0.1, 0.15) is 11.3 Å². The van der Waals surface area contributed by atoms with Crippen molar-refractivity contribution in [1.82, 2.24) is 10.3 Å². The Labute approximate surface area is 121 Å². The molecule has 1 aromatic carbocycles. The number of aryl methyl sites for hydroxylation is 1. The third-order valence-corrected chi connectivity index (χ3v) is 3.45. The lowest BCUT2D eigenvalue weighted by Gasteiger charge is -2.08. The first-order valence-corrected chi connectivity index (χ1v) is 7.18. The molecule has 2 rings (SSSR count). The van der Waals surface area contributed by atoms with Crippen molar-refractivity contribution in [3.8, 4) is 5.75 Å². The smallest absolute Gasteiger partial charge is 0.257 e. The van der Waals surface area contributed by atoms with Crippen molar-refractivity contribution in [3.63, 3.8) is 0 Å². The Kier molecular flexibility index (Phi) is 4.95. The van der Waals surface area contributed by atoms with Crippen LogP contribution < -0.4 is 15.8 Å². The highest BCUT2D eigenvalue weighted by Crippen LogP contribution is 2.15. The quantitative estimate of drug-likeness (QED) is 0.850. The van der Waals surface area contributed by atoms with Crippen LogP contribution >= 0.6 is 11.3 Å². The maximum atomic E-state index is 11.6. The van der Waals surface area contributed by atoms with Crippen LogP contribution in [0.5, 0.6) is 5.75 Å². The molecule has 3 N–H and O–H groups in total. The molecule has 0 spiro atoms. The SMILES string of the molecule is Cc1ccccc1OCC(=O)NCCc1csc(N)n1. The number of aromatic nitrogens is 1. The largest absolute Gasteiger partial charge is 0.484 e. The van der Waals surface area contributed by atoms with Gasteiger partial charge in [0.25, 0.3) is 5.91 Å². The molecule has 20 heavy (non-hydrogen) atoms. The molecule has 106 valence electrons. The van der Waals surface area contributed by atoms with Crippen molar-refractivity contribution in [2.45, 2.75) is 13.3 Å². The second-order valence-corrected chi connectivity index (χ2v) is 5.22. The number of ether oxygens (including phenoxy) is 1. The monoisotopic (exact) mass is 291 g/mol. The second kappa shape index (κ2) is 6.91. The molecule has 2 aromatic rings. The zero-order valence-corrected chi connectivity index (χ0v) is 12.1. The molecule has 0 radical (unpaired) electrons. The van der Waals surface area contributed by atoms with E-state index in [1.54, 1.807) is 0 Å². The maximum Gasteiger partial charge on any atom is 0.257 e. The molecular weight excluding hydrogens is 274 g/mol. The third-order valence-electron chi connectivity index (χ3n) is 2.73. The predicted molar refractivity (Wildman–Crippen MR) is 79.9 cm³/mol. The first kappa shape index (κ1) is 14.3. The van der Waals surface area contributed by atoms with Crippen molar-refractivity contribution < 1.29 is 9.53 Å². The number of carbonyl (C=O) groups excluding carboxylic acids is 1. The molecule has 0 fully saturated rings. The summed E-state index contributed by atoms with van der Waals surface area (Å²) in [5.41, 5.74) is 7.44.